The van der Waals surface area contributed by atoms with Crippen LogP contribution in [0.1, 0.15) is 23.7 Å². The van der Waals surface area contributed by atoms with Crippen molar-refractivity contribution in [2.75, 3.05) is 13.1 Å². The number of likely N-dealkylation sites (tertiary alicyclic amines) is 1. The summed E-state index contributed by atoms with van der Waals surface area (Å²) in [4.78, 5) is 13.1. The number of hydrogen-bond acceptors (Lipinski definition) is 3. The van der Waals surface area contributed by atoms with Crippen LogP contribution in [-0.4, -0.2) is 32.3 Å². The summed E-state index contributed by atoms with van der Waals surface area (Å²) >= 11 is 5.84. The normalized spacial score (nSPS) is 19.4. The molecule has 1 aromatic carbocycles. The van der Waals surface area contributed by atoms with E-state index in [0.29, 0.717) is 19.0 Å². The van der Waals surface area contributed by atoms with Crippen molar-refractivity contribution in [1.29, 1.82) is 0 Å². The molecule has 110 valence electrons. The lowest BCUT2D eigenvalue weighted by Crippen LogP contribution is -2.29. The predicted molar refractivity (Wildman–Crippen MR) is 72.5 cm³/mol. The van der Waals surface area contributed by atoms with Crippen LogP contribution in [0.25, 0.3) is 0 Å². The van der Waals surface area contributed by atoms with Gasteiger partial charge in [-0.3, -0.25) is 4.79 Å². The number of benzene rings is 1. The van der Waals surface area contributed by atoms with Crippen molar-refractivity contribution in [3.05, 3.63) is 28.5 Å². The minimum Gasteiger partial charge on any atom is -0.338 e. The van der Waals surface area contributed by atoms with Crippen LogP contribution in [0.2, 0.25) is 5.02 Å². The van der Waals surface area contributed by atoms with E-state index in [9.17, 15) is 17.6 Å². The molecule has 1 aliphatic rings. The van der Waals surface area contributed by atoms with Gasteiger partial charge in [-0.15, -0.1) is 0 Å². The maximum Gasteiger partial charge on any atom is 0.255 e. The first kappa shape index (κ1) is 15.2. The summed E-state index contributed by atoms with van der Waals surface area (Å²) < 4.78 is 36.1. The highest BCUT2D eigenvalue weighted by Crippen LogP contribution is 2.26. The van der Waals surface area contributed by atoms with Crippen LogP contribution in [0.4, 0.5) is 4.39 Å². The molecule has 0 bridgehead atoms. The molecule has 0 saturated carbocycles. The zero-order valence-corrected chi connectivity index (χ0v) is 12.3. The number of sulfonamides is 1. The number of rotatable bonds is 2. The van der Waals surface area contributed by atoms with E-state index in [1.54, 1.807) is 4.90 Å². The lowest BCUT2D eigenvalue weighted by atomic mass is 10.1. The number of nitrogens with two attached hydrogens (primary N) is 1. The van der Waals surface area contributed by atoms with Gasteiger partial charge in [0.15, 0.2) is 0 Å². The molecule has 1 amide bonds. The van der Waals surface area contributed by atoms with E-state index in [1.165, 1.54) is 0 Å². The molecule has 1 heterocycles. The Bertz CT molecular complexity index is 663. The van der Waals surface area contributed by atoms with Crippen LogP contribution >= 0.6 is 11.6 Å². The van der Waals surface area contributed by atoms with E-state index in [2.05, 4.69) is 0 Å². The smallest absolute Gasteiger partial charge is 0.255 e. The molecule has 1 fully saturated rings. The van der Waals surface area contributed by atoms with Crippen LogP contribution < -0.4 is 5.14 Å². The number of carbonyl (C=O) groups excluding carboxylic acids is 1. The van der Waals surface area contributed by atoms with Crippen LogP contribution in [0.3, 0.4) is 0 Å². The number of amides is 1. The second-order valence-electron chi connectivity index (χ2n) is 4.95. The van der Waals surface area contributed by atoms with Gasteiger partial charge in [-0.25, -0.2) is 17.9 Å². The number of halogens is 2. The maximum absolute atomic E-state index is 13.6. The third-order valence-corrected chi connectivity index (χ3v) is 4.51. The third-order valence-electron chi connectivity index (χ3n) is 3.27. The van der Waals surface area contributed by atoms with E-state index < -0.39 is 26.6 Å². The lowest BCUT2D eigenvalue weighted by Gasteiger charge is -2.17. The summed E-state index contributed by atoms with van der Waals surface area (Å²) in [6, 6.07) is 1.70. The van der Waals surface area contributed by atoms with Crippen molar-refractivity contribution in [3.8, 4) is 0 Å². The molecule has 0 aliphatic carbocycles. The molecule has 1 atom stereocenters. The Kier molecular flexibility index (Phi) is 4.04. The van der Waals surface area contributed by atoms with Crippen molar-refractivity contribution in [2.45, 2.75) is 18.2 Å². The van der Waals surface area contributed by atoms with E-state index in [-0.39, 0.29) is 10.6 Å². The molecule has 1 aromatic rings. The largest absolute Gasteiger partial charge is 0.338 e. The summed E-state index contributed by atoms with van der Waals surface area (Å²) in [7, 11) is -4.24. The molecule has 5 nitrogen and oxygen atoms in total. The minimum absolute atomic E-state index is 0.0498. The molecule has 2 rings (SSSR count). The molecule has 0 spiro atoms. The standard InChI is InChI=1S/C12H14ClFN2O3S/c1-7-2-3-16(6-7)12(17)8-4-11(20(15,18)19)10(14)5-9(8)13/h4-5,7H,2-3,6H2,1H3,(H2,15,18,19). The van der Waals surface area contributed by atoms with Gasteiger partial charge >= 0.3 is 0 Å². The van der Waals surface area contributed by atoms with Gasteiger partial charge in [-0.05, 0) is 24.5 Å². The lowest BCUT2D eigenvalue weighted by molar-refractivity contribution is 0.0788. The molecular formula is C12H14ClFN2O3S. The molecule has 1 unspecified atom stereocenters. The summed E-state index contributed by atoms with van der Waals surface area (Å²) in [5, 5.41) is 4.79. The quantitative estimate of drug-likeness (QED) is 0.899. The molecule has 20 heavy (non-hydrogen) atoms. The maximum atomic E-state index is 13.6. The number of hydrogen-bond donors (Lipinski definition) is 1. The van der Waals surface area contributed by atoms with Crippen molar-refractivity contribution in [1.82, 2.24) is 4.90 Å². The second-order valence-corrected chi connectivity index (χ2v) is 6.89. The van der Waals surface area contributed by atoms with Crippen LogP contribution in [0, 0.1) is 11.7 Å². The van der Waals surface area contributed by atoms with Gasteiger partial charge in [0.05, 0.1) is 10.6 Å². The number of nitrogens with zero attached hydrogens (tertiary/aromatic N) is 1. The SMILES string of the molecule is CC1CCN(C(=O)c2cc(S(N)(=O)=O)c(F)cc2Cl)C1. The Balaban J connectivity index is 2.44. The van der Waals surface area contributed by atoms with Crippen LogP contribution in [0.15, 0.2) is 17.0 Å². The number of primary sulfonamides is 1. The van der Waals surface area contributed by atoms with Crippen LogP contribution in [-0.2, 0) is 10.0 Å². The molecule has 1 saturated heterocycles. The highest BCUT2D eigenvalue weighted by Gasteiger charge is 2.27. The monoisotopic (exact) mass is 320 g/mol. The molecule has 0 radical (unpaired) electrons. The molecule has 0 aromatic heterocycles. The van der Waals surface area contributed by atoms with Crippen LogP contribution in [0.5, 0.6) is 0 Å². The summed E-state index contributed by atoms with van der Waals surface area (Å²) in [6.07, 6.45) is 0.868. The Morgan fingerprint density at radius 1 is 1.50 bits per heavy atom. The zero-order chi connectivity index (χ0) is 15.1. The Hall–Kier alpha value is -1.18. The molecule has 8 heteroatoms. The van der Waals surface area contributed by atoms with Gasteiger partial charge in [-0.1, -0.05) is 18.5 Å². The van der Waals surface area contributed by atoms with Gasteiger partial charge in [0.1, 0.15) is 10.7 Å². The fourth-order valence-electron chi connectivity index (χ4n) is 2.20. The summed E-state index contributed by atoms with van der Waals surface area (Å²) in [6.45, 7) is 3.14. The summed E-state index contributed by atoms with van der Waals surface area (Å²) in [5.41, 5.74) is -0.0498. The van der Waals surface area contributed by atoms with E-state index in [4.69, 9.17) is 16.7 Å². The fourth-order valence-corrected chi connectivity index (χ4v) is 3.04. The Labute approximate surface area is 121 Å². The van der Waals surface area contributed by atoms with E-state index in [1.807, 2.05) is 6.92 Å². The molecular weight excluding hydrogens is 307 g/mol. The van der Waals surface area contributed by atoms with Crippen molar-refractivity contribution < 1.29 is 17.6 Å². The first-order valence-electron chi connectivity index (χ1n) is 6.01. The van der Waals surface area contributed by atoms with Crippen molar-refractivity contribution in [3.63, 3.8) is 0 Å². The van der Waals surface area contributed by atoms with Gasteiger partial charge in [0.25, 0.3) is 5.91 Å². The summed E-state index contributed by atoms with van der Waals surface area (Å²) in [5.74, 6) is -1.11. The molecule has 2 N–H and O–H groups in total. The Morgan fingerprint density at radius 3 is 2.65 bits per heavy atom. The molecule has 1 aliphatic heterocycles. The first-order chi connectivity index (χ1) is 9.20. The Morgan fingerprint density at radius 2 is 2.15 bits per heavy atom. The van der Waals surface area contributed by atoms with Gasteiger partial charge in [-0.2, -0.15) is 0 Å². The van der Waals surface area contributed by atoms with E-state index >= 15 is 0 Å². The average molecular weight is 321 g/mol. The highest BCUT2D eigenvalue weighted by molar-refractivity contribution is 7.89. The van der Waals surface area contributed by atoms with E-state index in [0.717, 1.165) is 18.6 Å². The fraction of sp³-hybridized carbons (Fsp3) is 0.417. The van der Waals surface area contributed by atoms with Gasteiger partial charge in [0, 0.05) is 13.1 Å². The third kappa shape index (κ3) is 2.94. The number of carbonyl (C=O) groups is 1. The zero-order valence-electron chi connectivity index (χ0n) is 10.8. The topological polar surface area (TPSA) is 80.5 Å². The van der Waals surface area contributed by atoms with Crippen molar-refractivity contribution in [2.24, 2.45) is 11.1 Å². The van der Waals surface area contributed by atoms with Crippen molar-refractivity contribution >= 4 is 27.5 Å². The van der Waals surface area contributed by atoms with Gasteiger partial charge < -0.3 is 4.90 Å². The first-order valence-corrected chi connectivity index (χ1v) is 7.93. The van der Waals surface area contributed by atoms with Gasteiger partial charge in [0.2, 0.25) is 10.0 Å². The second kappa shape index (κ2) is 5.31. The highest BCUT2D eigenvalue weighted by atomic mass is 35.5. The minimum atomic E-state index is -4.24. The average Bonchev–Trinajstić information content (AvgIpc) is 2.73. The predicted octanol–water partition coefficient (Wildman–Crippen LogP) is 1.61.